The van der Waals surface area contributed by atoms with Crippen molar-refractivity contribution < 1.29 is 22.7 Å². The van der Waals surface area contributed by atoms with Crippen LogP contribution < -0.4 is 15.8 Å². The predicted octanol–water partition coefficient (Wildman–Crippen LogP) is 2.94. The van der Waals surface area contributed by atoms with Crippen molar-refractivity contribution >= 4 is 11.6 Å². The highest BCUT2D eigenvalue weighted by Crippen LogP contribution is 2.23. The molecule has 0 spiro atoms. The summed E-state index contributed by atoms with van der Waals surface area (Å²) in [5, 5.41) is 2.56. The van der Waals surface area contributed by atoms with E-state index < -0.39 is 30.1 Å². The van der Waals surface area contributed by atoms with E-state index in [-0.39, 0.29) is 5.75 Å². The molecule has 0 bridgehead atoms. The fourth-order valence-electron chi connectivity index (χ4n) is 1.44. The van der Waals surface area contributed by atoms with Gasteiger partial charge >= 0.3 is 6.18 Å². The Bertz CT molecular complexity index is 496. The summed E-state index contributed by atoms with van der Waals surface area (Å²) in [6, 6.07) is 5.00. The molecule has 118 valence electrons. The molecule has 0 fully saturated rings. The van der Waals surface area contributed by atoms with Crippen LogP contribution in [0, 0.1) is 5.41 Å². The van der Waals surface area contributed by atoms with E-state index in [0.717, 1.165) is 0 Å². The Labute approximate surface area is 121 Å². The van der Waals surface area contributed by atoms with Crippen molar-refractivity contribution in [3.05, 3.63) is 24.3 Å². The minimum Gasteiger partial charge on any atom is -0.484 e. The van der Waals surface area contributed by atoms with Crippen LogP contribution in [-0.4, -0.2) is 24.7 Å². The van der Waals surface area contributed by atoms with Crippen LogP contribution in [0.4, 0.5) is 18.9 Å². The second kappa shape index (κ2) is 6.34. The zero-order chi connectivity index (χ0) is 16.3. The molecule has 0 saturated carbocycles. The molecule has 0 radical (unpaired) electrons. The normalized spacial score (nSPS) is 13.7. The summed E-state index contributed by atoms with van der Waals surface area (Å²) in [4.78, 5) is 11.9. The first kappa shape index (κ1) is 17.3. The van der Waals surface area contributed by atoms with Gasteiger partial charge in [0.1, 0.15) is 5.75 Å². The van der Waals surface area contributed by atoms with Crippen LogP contribution in [0.15, 0.2) is 24.3 Å². The van der Waals surface area contributed by atoms with Gasteiger partial charge in [-0.2, -0.15) is 13.2 Å². The summed E-state index contributed by atoms with van der Waals surface area (Å²) in [5.41, 5.74) is 5.71. The number of carbonyl (C=O) groups is 1. The van der Waals surface area contributed by atoms with E-state index >= 15 is 0 Å². The molecule has 0 aliphatic carbocycles. The third-order valence-electron chi connectivity index (χ3n) is 2.72. The SMILES string of the molecule is CC(C)(C)[C@H](N)C(=O)Nc1cccc(OCC(F)(F)F)c1. The Morgan fingerprint density at radius 1 is 1.33 bits per heavy atom. The van der Waals surface area contributed by atoms with E-state index in [1.807, 2.05) is 20.8 Å². The number of rotatable bonds is 4. The second-order valence-corrected chi connectivity index (χ2v) is 5.76. The lowest BCUT2D eigenvalue weighted by atomic mass is 9.87. The highest BCUT2D eigenvalue weighted by molar-refractivity contribution is 5.95. The van der Waals surface area contributed by atoms with E-state index in [9.17, 15) is 18.0 Å². The molecule has 0 aliphatic rings. The summed E-state index contributed by atoms with van der Waals surface area (Å²) in [6.45, 7) is 4.08. The van der Waals surface area contributed by atoms with Gasteiger partial charge in [0.05, 0.1) is 6.04 Å². The Morgan fingerprint density at radius 3 is 2.48 bits per heavy atom. The van der Waals surface area contributed by atoms with E-state index in [0.29, 0.717) is 5.69 Å². The van der Waals surface area contributed by atoms with Crippen molar-refractivity contribution in [2.24, 2.45) is 11.1 Å². The van der Waals surface area contributed by atoms with Crippen LogP contribution in [0.5, 0.6) is 5.75 Å². The maximum atomic E-state index is 12.1. The van der Waals surface area contributed by atoms with Gasteiger partial charge in [0.15, 0.2) is 6.61 Å². The second-order valence-electron chi connectivity index (χ2n) is 5.76. The minimum absolute atomic E-state index is 0.0226. The molecule has 3 N–H and O–H groups in total. The molecular formula is C14H19F3N2O2. The summed E-state index contributed by atoms with van der Waals surface area (Å²) in [7, 11) is 0. The van der Waals surface area contributed by atoms with Gasteiger partial charge in [0, 0.05) is 11.8 Å². The molecule has 1 amide bonds. The summed E-state index contributed by atoms with van der Waals surface area (Å²) >= 11 is 0. The molecule has 1 atom stereocenters. The smallest absolute Gasteiger partial charge is 0.422 e. The highest BCUT2D eigenvalue weighted by atomic mass is 19.4. The van der Waals surface area contributed by atoms with E-state index in [1.54, 1.807) is 6.07 Å². The molecule has 0 aliphatic heterocycles. The van der Waals surface area contributed by atoms with Crippen molar-refractivity contribution in [2.45, 2.75) is 33.0 Å². The Hall–Kier alpha value is -1.76. The van der Waals surface area contributed by atoms with Crippen LogP contribution in [0.2, 0.25) is 0 Å². The Balaban J connectivity index is 2.71. The topological polar surface area (TPSA) is 64.4 Å². The van der Waals surface area contributed by atoms with Crippen LogP contribution in [0.3, 0.4) is 0 Å². The van der Waals surface area contributed by atoms with Crippen LogP contribution in [0.25, 0.3) is 0 Å². The molecule has 4 nitrogen and oxygen atoms in total. The van der Waals surface area contributed by atoms with E-state index in [4.69, 9.17) is 5.73 Å². The molecule has 21 heavy (non-hydrogen) atoms. The van der Waals surface area contributed by atoms with Gasteiger partial charge < -0.3 is 15.8 Å². The number of amides is 1. The largest absolute Gasteiger partial charge is 0.484 e. The van der Waals surface area contributed by atoms with Gasteiger partial charge in [-0.05, 0) is 17.5 Å². The molecule has 7 heteroatoms. The lowest BCUT2D eigenvalue weighted by Gasteiger charge is -2.25. The number of hydrogen-bond donors (Lipinski definition) is 2. The van der Waals surface area contributed by atoms with Crippen molar-refractivity contribution in [2.75, 3.05) is 11.9 Å². The lowest BCUT2D eigenvalue weighted by Crippen LogP contribution is -2.45. The van der Waals surface area contributed by atoms with Crippen molar-refractivity contribution in [3.63, 3.8) is 0 Å². The first-order chi connectivity index (χ1) is 9.49. The summed E-state index contributed by atoms with van der Waals surface area (Å²) < 4.78 is 40.8. The maximum Gasteiger partial charge on any atom is 0.422 e. The Morgan fingerprint density at radius 2 is 1.95 bits per heavy atom. The summed E-state index contributed by atoms with van der Waals surface area (Å²) in [6.07, 6.45) is -4.41. The van der Waals surface area contributed by atoms with Gasteiger partial charge in [0.2, 0.25) is 5.91 Å². The number of hydrogen-bond acceptors (Lipinski definition) is 3. The zero-order valence-electron chi connectivity index (χ0n) is 12.1. The fraction of sp³-hybridized carbons (Fsp3) is 0.500. The molecule has 1 rings (SSSR count). The van der Waals surface area contributed by atoms with Gasteiger partial charge in [-0.15, -0.1) is 0 Å². The lowest BCUT2D eigenvalue weighted by molar-refractivity contribution is -0.153. The molecular weight excluding hydrogens is 285 g/mol. The third-order valence-corrected chi connectivity index (χ3v) is 2.72. The molecule has 0 saturated heterocycles. The van der Waals surface area contributed by atoms with E-state index in [1.165, 1.54) is 18.2 Å². The zero-order valence-corrected chi connectivity index (χ0v) is 12.1. The summed E-state index contributed by atoms with van der Waals surface area (Å²) in [5.74, 6) is -0.384. The molecule has 0 heterocycles. The van der Waals surface area contributed by atoms with Gasteiger partial charge in [0.25, 0.3) is 0 Å². The number of anilines is 1. The standard InChI is InChI=1S/C14H19F3N2O2/c1-13(2,3)11(18)12(20)19-9-5-4-6-10(7-9)21-8-14(15,16)17/h4-7,11H,8,18H2,1-3H3,(H,19,20)/t11-/m1/s1. The third kappa shape index (κ3) is 6.03. The van der Waals surface area contributed by atoms with Crippen molar-refractivity contribution in [1.29, 1.82) is 0 Å². The number of carbonyl (C=O) groups excluding carboxylic acids is 1. The van der Waals surface area contributed by atoms with Gasteiger partial charge in [-0.3, -0.25) is 4.79 Å². The van der Waals surface area contributed by atoms with Crippen LogP contribution in [0.1, 0.15) is 20.8 Å². The van der Waals surface area contributed by atoms with Crippen LogP contribution >= 0.6 is 0 Å². The number of ether oxygens (including phenoxy) is 1. The predicted molar refractivity (Wildman–Crippen MR) is 74.1 cm³/mol. The highest BCUT2D eigenvalue weighted by Gasteiger charge is 2.29. The van der Waals surface area contributed by atoms with E-state index in [2.05, 4.69) is 10.1 Å². The number of nitrogens with one attached hydrogen (secondary N) is 1. The molecule has 0 aromatic heterocycles. The average molecular weight is 304 g/mol. The van der Waals surface area contributed by atoms with Crippen LogP contribution in [-0.2, 0) is 4.79 Å². The molecule has 1 aromatic rings. The first-order valence-corrected chi connectivity index (χ1v) is 6.35. The number of nitrogens with two attached hydrogens (primary N) is 1. The van der Waals surface area contributed by atoms with Crippen molar-refractivity contribution in [3.8, 4) is 5.75 Å². The maximum absolute atomic E-state index is 12.1. The minimum atomic E-state index is -4.41. The number of halogens is 3. The fourth-order valence-corrected chi connectivity index (χ4v) is 1.44. The van der Waals surface area contributed by atoms with Gasteiger partial charge in [-0.25, -0.2) is 0 Å². The Kier molecular flexibility index (Phi) is 5.22. The molecule has 0 unspecified atom stereocenters. The number of benzene rings is 1. The monoisotopic (exact) mass is 304 g/mol. The van der Waals surface area contributed by atoms with Crippen molar-refractivity contribution in [1.82, 2.24) is 0 Å². The first-order valence-electron chi connectivity index (χ1n) is 6.35. The average Bonchev–Trinajstić information content (AvgIpc) is 2.34. The quantitative estimate of drug-likeness (QED) is 0.899. The molecule has 1 aromatic carbocycles. The number of alkyl halides is 3. The van der Waals surface area contributed by atoms with Gasteiger partial charge in [-0.1, -0.05) is 26.8 Å².